The van der Waals surface area contributed by atoms with Crippen LogP contribution < -0.4 is 0 Å². The summed E-state index contributed by atoms with van der Waals surface area (Å²) in [6.07, 6.45) is 3.75. The number of hydrogen-bond donors (Lipinski definition) is 0. The SMILES string of the molecule is CSc1ccccc1-c1nc(Cl)nc2ncccc12. The summed E-state index contributed by atoms with van der Waals surface area (Å²) in [6, 6.07) is 12.0. The second-order valence-electron chi connectivity index (χ2n) is 3.92. The van der Waals surface area contributed by atoms with Gasteiger partial charge in [-0.05, 0) is 36.1 Å². The van der Waals surface area contributed by atoms with Crippen LogP contribution in [0.15, 0.2) is 47.5 Å². The van der Waals surface area contributed by atoms with Gasteiger partial charge in [0, 0.05) is 22.0 Å². The van der Waals surface area contributed by atoms with Crippen LogP contribution in [0.3, 0.4) is 0 Å². The first-order valence-electron chi connectivity index (χ1n) is 5.71. The zero-order chi connectivity index (χ0) is 13.2. The van der Waals surface area contributed by atoms with Crippen molar-refractivity contribution in [1.82, 2.24) is 15.0 Å². The Labute approximate surface area is 120 Å². The van der Waals surface area contributed by atoms with E-state index in [1.165, 1.54) is 0 Å². The fourth-order valence-corrected chi connectivity index (χ4v) is 2.75. The highest BCUT2D eigenvalue weighted by molar-refractivity contribution is 7.98. The normalized spacial score (nSPS) is 10.8. The maximum atomic E-state index is 6.00. The van der Waals surface area contributed by atoms with Crippen molar-refractivity contribution in [3.05, 3.63) is 47.9 Å². The molecule has 0 fully saturated rings. The van der Waals surface area contributed by atoms with Crippen molar-refractivity contribution in [2.24, 2.45) is 0 Å². The van der Waals surface area contributed by atoms with Gasteiger partial charge in [0.2, 0.25) is 5.28 Å². The molecule has 19 heavy (non-hydrogen) atoms. The Morgan fingerprint density at radius 2 is 1.89 bits per heavy atom. The Morgan fingerprint density at radius 3 is 2.74 bits per heavy atom. The molecule has 0 unspecified atom stereocenters. The van der Waals surface area contributed by atoms with E-state index in [0.717, 1.165) is 21.5 Å². The Balaban J connectivity index is 2.36. The molecule has 0 N–H and O–H groups in total. The van der Waals surface area contributed by atoms with Gasteiger partial charge < -0.3 is 0 Å². The highest BCUT2D eigenvalue weighted by Gasteiger charge is 2.12. The molecule has 5 heteroatoms. The first kappa shape index (κ1) is 12.4. The van der Waals surface area contributed by atoms with Crippen LogP contribution in [0.4, 0.5) is 0 Å². The molecular formula is C14H10ClN3S. The fraction of sp³-hybridized carbons (Fsp3) is 0.0714. The van der Waals surface area contributed by atoms with Crippen molar-refractivity contribution in [2.45, 2.75) is 4.90 Å². The van der Waals surface area contributed by atoms with Gasteiger partial charge in [-0.25, -0.2) is 9.97 Å². The molecule has 0 saturated carbocycles. The van der Waals surface area contributed by atoms with Crippen molar-refractivity contribution in [1.29, 1.82) is 0 Å². The molecular weight excluding hydrogens is 278 g/mol. The molecule has 94 valence electrons. The number of benzene rings is 1. The zero-order valence-electron chi connectivity index (χ0n) is 10.2. The van der Waals surface area contributed by atoms with Crippen LogP contribution in [0.2, 0.25) is 5.28 Å². The van der Waals surface area contributed by atoms with Crippen molar-refractivity contribution < 1.29 is 0 Å². The summed E-state index contributed by atoms with van der Waals surface area (Å²) in [5.74, 6) is 0. The van der Waals surface area contributed by atoms with E-state index in [1.54, 1.807) is 18.0 Å². The van der Waals surface area contributed by atoms with Crippen LogP contribution in [0, 0.1) is 0 Å². The zero-order valence-corrected chi connectivity index (χ0v) is 11.7. The number of hydrogen-bond acceptors (Lipinski definition) is 4. The van der Waals surface area contributed by atoms with E-state index in [1.807, 2.05) is 36.6 Å². The van der Waals surface area contributed by atoms with E-state index in [9.17, 15) is 0 Å². The molecule has 3 rings (SSSR count). The van der Waals surface area contributed by atoms with E-state index in [2.05, 4.69) is 21.0 Å². The minimum atomic E-state index is 0.220. The molecule has 0 aliphatic heterocycles. The van der Waals surface area contributed by atoms with Gasteiger partial charge in [0.1, 0.15) is 0 Å². The van der Waals surface area contributed by atoms with E-state index in [0.29, 0.717) is 5.65 Å². The smallest absolute Gasteiger partial charge is 0.225 e. The Hall–Kier alpha value is -1.65. The number of halogens is 1. The predicted molar refractivity (Wildman–Crippen MR) is 79.6 cm³/mol. The van der Waals surface area contributed by atoms with E-state index in [4.69, 9.17) is 11.6 Å². The third-order valence-corrected chi connectivity index (χ3v) is 3.77. The highest BCUT2D eigenvalue weighted by Crippen LogP contribution is 2.32. The molecule has 0 aliphatic carbocycles. The molecule has 0 atom stereocenters. The standard InChI is InChI=1S/C14H10ClN3S/c1-19-11-7-3-2-5-9(11)12-10-6-4-8-16-13(10)18-14(15)17-12/h2-8H,1H3. The second-order valence-corrected chi connectivity index (χ2v) is 5.10. The first-order chi connectivity index (χ1) is 9.29. The van der Waals surface area contributed by atoms with Gasteiger partial charge in [0.15, 0.2) is 5.65 Å². The van der Waals surface area contributed by atoms with Crippen LogP contribution in [-0.4, -0.2) is 21.2 Å². The molecule has 0 radical (unpaired) electrons. The first-order valence-corrected chi connectivity index (χ1v) is 7.31. The second kappa shape index (κ2) is 5.15. The van der Waals surface area contributed by atoms with Gasteiger partial charge in [-0.1, -0.05) is 18.2 Å². The lowest BCUT2D eigenvalue weighted by atomic mass is 10.1. The minimum absolute atomic E-state index is 0.220. The lowest BCUT2D eigenvalue weighted by Gasteiger charge is -2.09. The average molecular weight is 288 g/mol. The molecule has 0 bridgehead atoms. The van der Waals surface area contributed by atoms with Crippen molar-refractivity contribution in [2.75, 3.05) is 6.26 Å². The van der Waals surface area contributed by atoms with Gasteiger partial charge in [-0.15, -0.1) is 11.8 Å². The molecule has 0 aliphatic rings. The molecule has 3 nitrogen and oxygen atoms in total. The number of pyridine rings is 1. The maximum absolute atomic E-state index is 6.00. The summed E-state index contributed by atoms with van der Waals surface area (Å²) in [4.78, 5) is 13.9. The molecule has 0 saturated heterocycles. The van der Waals surface area contributed by atoms with Crippen molar-refractivity contribution in [3.8, 4) is 11.3 Å². The van der Waals surface area contributed by atoms with E-state index < -0.39 is 0 Å². The molecule has 2 aromatic heterocycles. The van der Waals surface area contributed by atoms with Gasteiger partial charge in [0.25, 0.3) is 0 Å². The van der Waals surface area contributed by atoms with Gasteiger partial charge in [-0.3, -0.25) is 0 Å². The summed E-state index contributed by atoms with van der Waals surface area (Å²) in [5, 5.41) is 1.13. The average Bonchev–Trinajstić information content (AvgIpc) is 2.46. The van der Waals surface area contributed by atoms with E-state index in [-0.39, 0.29) is 5.28 Å². The predicted octanol–water partition coefficient (Wildman–Crippen LogP) is 4.07. The van der Waals surface area contributed by atoms with Crippen molar-refractivity contribution in [3.63, 3.8) is 0 Å². The Bertz CT molecular complexity index is 746. The number of aromatic nitrogens is 3. The van der Waals surface area contributed by atoms with Crippen LogP contribution in [-0.2, 0) is 0 Å². The Morgan fingerprint density at radius 1 is 1.05 bits per heavy atom. The van der Waals surface area contributed by atoms with Crippen LogP contribution in [0.25, 0.3) is 22.3 Å². The largest absolute Gasteiger partial charge is 0.236 e. The van der Waals surface area contributed by atoms with Crippen LogP contribution >= 0.6 is 23.4 Å². The van der Waals surface area contributed by atoms with Gasteiger partial charge >= 0.3 is 0 Å². The van der Waals surface area contributed by atoms with Gasteiger partial charge in [-0.2, -0.15) is 4.98 Å². The molecule has 3 aromatic rings. The third-order valence-electron chi connectivity index (χ3n) is 2.81. The summed E-state index contributed by atoms with van der Waals surface area (Å²) < 4.78 is 0. The van der Waals surface area contributed by atoms with Crippen LogP contribution in [0.5, 0.6) is 0 Å². The summed E-state index contributed by atoms with van der Waals surface area (Å²) in [7, 11) is 0. The topological polar surface area (TPSA) is 38.7 Å². The van der Waals surface area contributed by atoms with Gasteiger partial charge in [0.05, 0.1) is 5.69 Å². The van der Waals surface area contributed by atoms with Crippen molar-refractivity contribution >= 4 is 34.4 Å². The van der Waals surface area contributed by atoms with Crippen LogP contribution in [0.1, 0.15) is 0 Å². The molecule has 2 heterocycles. The number of thioether (sulfide) groups is 1. The monoisotopic (exact) mass is 287 g/mol. The minimum Gasteiger partial charge on any atom is -0.236 e. The number of nitrogens with zero attached hydrogens (tertiary/aromatic N) is 3. The molecule has 0 spiro atoms. The summed E-state index contributed by atoms with van der Waals surface area (Å²) in [5.41, 5.74) is 2.50. The highest BCUT2D eigenvalue weighted by atomic mass is 35.5. The molecule has 0 amide bonds. The number of rotatable bonds is 2. The lowest BCUT2D eigenvalue weighted by molar-refractivity contribution is 1.18. The summed E-state index contributed by atoms with van der Waals surface area (Å²) in [6.45, 7) is 0. The number of fused-ring (bicyclic) bond motifs is 1. The molecule has 1 aromatic carbocycles. The van der Waals surface area contributed by atoms with E-state index >= 15 is 0 Å². The lowest BCUT2D eigenvalue weighted by Crippen LogP contribution is -1.94. The third kappa shape index (κ3) is 2.29. The Kier molecular flexibility index (Phi) is 3.36. The maximum Gasteiger partial charge on any atom is 0.225 e. The summed E-state index contributed by atoms with van der Waals surface area (Å²) >= 11 is 7.68. The fourth-order valence-electron chi connectivity index (χ4n) is 1.98. The quantitative estimate of drug-likeness (QED) is 0.526.